The van der Waals surface area contributed by atoms with Gasteiger partial charge in [0.05, 0.1) is 0 Å². The fourth-order valence-electron chi connectivity index (χ4n) is 2.58. The van der Waals surface area contributed by atoms with Crippen molar-refractivity contribution in [2.75, 3.05) is 0 Å². The lowest BCUT2D eigenvalue weighted by Gasteiger charge is -2.10. The summed E-state index contributed by atoms with van der Waals surface area (Å²) in [6.07, 6.45) is 5.90. The minimum absolute atomic E-state index is 0.498. The second kappa shape index (κ2) is 6.10. The average molecular weight is 279 g/mol. The monoisotopic (exact) mass is 279 g/mol. The van der Waals surface area contributed by atoms with E-state index in [1.807, 2.05) is 18.5 Å². The van der Waals surface area contributed by atoms with Gasteiger partial charge in [0.25, 0.3) is 0 Å². The lowest BCUT2D eigenvalue weighted by Crippen LogP contribution is -2.21. The van der Waals surface area contributed by atoms with Gasteiger partial charge in [0.2, 0.25) is 0 Å². The van der Waals surface area contributed by atoms with Crippen molar-refractivity contribution in [2.45, 2.75) is 33.0 Å². The average Bonchev–Trinajstić information content (AvgIpc) is 2.90. The van der Waals surface area contributed by atoms with Crippen LogP contribution in [0.4, 0.5) is 0 Å². The maximum absolute atomic E-state index is 4.19. The maximum Gasteiger partial charge on any atom is 0.0491 e. The van der Waals surface area contributed by atoms with Crippen LogP contribution in [0, 0.1) is 0 Å². The van der Waals surface area contributed by atoms with E-state index in [1.54, 1.807) is 0 Å². The fourth-order valence-corrected chi connectivity index (χ4v) is 2.58. The minimum atomic E-state index is 0.498. The van der Waals surface area contributed by atoms with Crippen molar-refractivity contribution in [3.63, 3.8) is 0 Å². The van der Waals surface area contributed by atoms with Gasteiger partial charge in [0, 0.05) is 48.6 Å². The van der Waals surface area contributed by atoms with Gasteiger partial charge in [-0.05, 0) is 29.3 Å². The lowest BCUT2D eigenvalue weighted by atomic mass is 10.1. The van der Waals surface area contributed by atoms with Crippen molar-refractivity contribution in [3.8, 4) is 0 Å². The van der Waals surface area contributed by atoms with Crippen LogP contribution in [-0.2, 0) is 13.1 Å². The fraction of sp³-hybridized carbons (Fsp3) is 0.278. The van der Waals surface area contributed by atoms with Gasteiger partial charge in [-0.25, -0.2) is 0 Å². The molecule has 0 aliphatic carbocycles. The largest absolute Gasteiger partial charge is 0.343 e. The summed E-state index contributed by atoms with van der Waals surface area (Å²) in [4.78, 5) is 4.19. The number of benzene rings is 1. The van der Waals surface area contributed by atoms with Crippen LogP contribution in [0.3, 0.4) is 0 Å². The van der Waals surface area contributed by atoms with E-state index in [4.69, 9.17) is 0 Å². The molecule has 3 heteroatoms. The van der Waals surface area contributed by atoms with Crippen LogP contribution in [0.5, 0.6) is 0 Å². The molecular formula is C18H21N3. The third kappa shape index (κ3) is 3.14. The first-order valence-electron chi connectivity index (χ1n) is 7.43. The Morgan fingerprint density at radius 3 is 2.81 bits per heavy atom. The van der Waals surface area contributed by atoms with E-state index in [-0.39, 0.29) is 0 Å². The van der Waals surface area contributed by atoms with Crippen molar-refractivity contribution >= 4 is 10.9 Å². The molecule has 3 rings (SSSR count). The first kappa shape index (κ1) is 13.8. The van der Waals surface area contributed by atoms with Gasteiger partial charge >= 0.3 is 0 Å². The molecule has 0 bridgehead atoms. The van der Waals surface area contributed by atoms with E-state index < -0.39 is 0 Å². The Morgan fingerprint density at radius 1 is 1.14 bits per heavy atom. The zero-order valence-electron chi connectivity index (χ0n) is 12.6. The molecule has 3 nitrogen and oxygen atoms in total. The van der Waals surface area contributed by atoms with Gasteiger partial charge < -0.3 is 9.88 Å². The summed E-state index contributed by atoms with van der Waals surface area (Å²) in [6, 6.07) is 13.3. The number of nitrogens with zero attached hydrogens (tertiary/aromatic N) is 2. The Balaban J connectivity index is 1.90. The first-order valence-corrected chi connectivity index (χ1v) is 7.43. The number of nitrogens with one attached hydrogen (secondary N) is 1. The summed E-state index contributed by atoms with van der Waals surface area (Å²) in [7, 11) is 0. The predicted octanol–water partition coefficient (Wildman–Crippen LogP) is 3.58. The third-order valence-electron chi connectivity index (χ3n) is 3.68. The third-order valence-corrected chi connectivity index (χ3v) is 3.68. The maximum atomic E-state index is 4.19. The molecule has 1 N–H and O–H groups in total. The number of hydrogen-bond acceptors (Lipinski definition) is 2. The first-order chi connectivity index (χ1) is 10.2. The van der Waals surface area contributed by atoms with E-state index in [2.05, 4.69) is 65.2 Å². The Hall–Kier alpha value is -2.13. The SMILES string of the molecule is CC(C)NCc1cccc2c1ccn2Cc1cccnc1. The molecule has 0 unspecified atom stereocenters. The second-order valence-corrected chi connectivity index (χ2v) is 5.69. The zero-order valence-corrected chi connectivity index (χ0v) is 12.6. The smallest absolute Gasteiger partial charge is 0.0491 e. The molecule has 2 aromatic heterocycles. The Bertz CT molecular complexity index is 714. The second-order valence-electron chi connectivity index (χ2n) is 5.69. The van der Waals surface area contributed by atoms with Crippen LogP contribution in [0.2, 0.25) is 0 Å². The predicted molar refractivity (Wildman–Crippen MR) is 87.3 cm³/mol. The highest BCUT2D eigenvalue weighted by atomic mass is 15.0. The number of hydrogen-bond donors (Lipinski definition) is 1. The number of pyridine rings is 1. The molecule has 0 radical (unpaired) electrons. The summed E-state index contributed by atoms with van der Waals surface area (Å²) in [5, 5.41) is 4.82. The van der Waals surface area contributed by atoms with E-state index >= 15 is 0 Å². The topological polar surface area (TPSA) is 29.9 Å². The van der Waals surface area contributed by atoms with Gasteiger partial charge in [-0.15, -0.1) is 0 Å². The van der Waals surface area contributed by atoms with Crippen LogP contribution in [0.25, 0.3) is 10.9 Å². The summed E-state index contributed by atoms with van der Waals surface area (Å²) in [5.74, 6) is 0. The highest BCUT2D eigenvalue weighted by Gasteiger charge is 2.06. The molecule has 3 aromatic rings. The van der Waals surface area contributed by atoms with Crippen LogP contribution in [0.1, 0.15) is 25.0 Å². The molecule has 1 aromatic carbocycles. The molecule has 0 aliphatic rings. The van der Waals surface area contributed by atoms with E-state index in [0.29, 0.717) is 6.04 Å². The summed E-state index contributed by atoms with van der Waals surface area (Å²) < 4.78 is 2.28. The Kier molecular flexibility index (Phi) is 4.02. The molecule has 0 fully saturated rings. The molecule has 0 atom stereocenters. The zero-order chi connectivity index (χ0) is 14.7. The van der Waals surface area contributed by atoms with Crippen LogP contribution in [-0.4, -0.2) is 15.6 Å². The minimum Gasteiger partial charge on any atom is -0.343 e. The number of rotatable bonds is 5. The summed E-state index contributed by atoms with van der Waals surface area (Å²) in [6.45, 7) is 6.12. The van der Waals surface area contributed by atoms with Crippen molar-refractivity contribution in [2.24, 2.45) is 0 Å². The van der Waals surface area contributed by atoms with Crippen LogP contribution in [0.15, 0.2) is 55.0 Å². The van der Waals surface area contributed by atoms with Gasteiger partial charge in [-0.3, -0.25) is 4.98 Å². The highest BCUT2D eigenvalue weighted by Crippen LogP contribution is 2.21. The van der Waals surface area contributed by atoms with Crippen molar-refractivity contribution in [3.05, 3.63) is 66.1 Å². The highest BCUT2D eigenvalue weighted by molar-refractivity contribution is 5.83. The van der Waals surface area contributed by atoms with E-state index in [0.717, 1.165) is 13.1 Å². The van der Waals surface area contributed by atoms with E-state index in [9.17, 15) is 0 Å². The summed E-state index contributed by atoms with van der Waals surface area (Å²) in [5.41, 5.74) is 3.86. The standard InChI is InChI=1S/C18H21N3/c1-14(2)20-12-16-6-3-7-18-17(16)8-10-21(18)13-15-5-4-9-19-11-15/h3-11,14,20H,12-13H2,1-2H3. The molecule has 21 heavy (non-hydrogen) atoms. The summed E-state index contributed by atoms with van der Waals surface area (Å²) >= 11 is 0. The van der Waals surface area contributed by atoms with Gasteiger partial charge in [-0.2, -0.15) is 0 Å². The lowest BCUT2D eigenvalue weighted by molar-refractivity contribution is 0.590. The van der Waals surface area contributed by atoms with E-state index in [1.165, 1.54) is 22.0 Å². The van der Waals surface area contributed by atoms with Crippen LogP contribution < -0.4 is 5.32 Å². The molecule has 0 aliphatic heterocycles. The van der Waals surface area contributed by atoms with Crippen molar-refractivity contribution in [1.29, 1.82) is 0 Å². The molecule has 108 valence electrons. The Labute approximate surface area is 125 Å². The molecule has 0 amide bonds. The van der Waals surface area contributed by atoms with Crippen molar-refractivity contribution < 1.29 is 0 Å². The normalized spacial score (nSPS) is 11.4. The molecule has 0 saturated heterocycles. The van der Waals surface area contributed by atoms with Gasteiger partial charge in [-0.1, -0.05) is 32.0 Å². The van der Waals surface area contributed by atoms with Gasteiger partial charge in [0.15, 0.2) is 0 Å². The van der Waals surface area contributed by atoms with Crippen molar-refractivity contribution in [1.82, 2.24) is 14.9 Å². The molecule has 2 heterocycles. The number of fused-ring (bicyclic) bond motifs is 1. The van der Waals surface area contributed by atoms with Crippen LogP contribution >= 0.6 is 0 Å². The molecule has 0 spiro atoms. The molecule has 0 saturated carbocycles. The molecular weight excluding hydrogens is 258 g/mol. The quantitative estimate of drug-likeness (QED) is 0.773. The Morgan fingerprint density at radius 2 is 2.05 bits per heavy atom. The number of aromatic nitrogens is 2. The van der Waals surface area contributed by atoms with Gasteiger partial charge in [0.1, 0.15) is 0 Å².